The zero-order chi connectivity index (χ0) is 46.2. The van der Waals surface area contributed by atoms with E-state index in [0.29, 0.717) is 22.3 Å². The number of fused-ring (bicyclic) bond motifs is 12. The quantitative estimate of drug-likeness (QED) is 0.0835. The minimum absolute atomic E-state index is 0.154. The van der Waals surface area contributed by atoms with Crippen molar-refractivity contribution in [3.05, 3.63) is 170 Å². The molecule has 0 spiro atoms. The van der Waals surface area contributed by atoms with Crippen molar-refractivity contribution < 1.29 is 29.9 Å². The largest absolute Gasteiger partial charge is 0.504 e. The Kier molecular flexibility index (Phi) is 8.05. The Hall–Kier alpha value is -9.39. The molecule has 0 aliphatic carbocycles. The number of thiophene rings is 1. The van der Waals surface area contributed by atoms with E-state index >= 15 is 0 Å². The third kappa shape index (κ3) is 5.45. The van der Waals surface area contributed by atoms with E-state index in [4.69, 9.17) is 19.4 Å². The van der Waals surface area contributed by atoms with Crippen molar-refractivity contribution in [3.8, 4) is 74.3 Å². The summed E-state index contributed by atoms with van der Waals surface area (Å²) in [6, 6.07) is 57.7. The summed E-state index contributed by atoms with van der Waals surface area (Å²) in [5, 5.41) is 62.2. The number of furan rings is 1. The van der Waals surface area contributed by atoms with Crippen LogP contribution in [0.3, 0.4) is 0 Å². The molecule has 9 aromatic carbocycles. The first-order chi connectivity index (χ1) is 33.8. The van der Waals surface area contributed by atoms with Crippen molar-refractivity contribution in [1.29, 1.82) is 0 Å². The summed E-state index contributed by atoms with van der Waals surface area (Å²) >= 11 is 1.58. The van der Waals surface area contributed by atoms with Gasteiger partial charge < -0.3 is 39.1 Å². The summed E-state index contributed by atoms with van der Waals surface area (Å²) in [4.78, 5) is 14.4. The average Bonchev–Trinajstić information content (AvgIpc) is 4.15. The first-order valence-electron chi connectivity index (χ1n) is 22.1. The minimum Gasteiger partial charge on any atom is -0.504 e. The molecule has 0 saturated carbocycles. The van der Waals surface area contributed by atoms with E-state index in [0.717, 1.165) is 75.2 Å². The number of hydrogen-bond donors (Lipinski definition) is 5. The van der Waals surface area contributed by atoms with Crippen LogP contribution in [0.1, 0.15) is 0 Å². The Morgan fingerprint density at radius 2 is 0.942 bits per heavy atom. The number of phenols is 5. The van der Waals surface area contributed by atoms with Crippen LogP contribution in [0.5, 0.6) is 28.7 Å². The highest BCUT2D eigenvalue weighted by Gasteiger charge is 2.28. The maximum atomic E-state index is 11.1. The molecule has 12 heteroatoms. The average molecular weight is 916 g/mol. The molecule has 69 heavy (non-hydrogen) atoms. The summed E-state index contributed by atoms with van der Waals surface area (Å²) in [5.74, 6) is -4.90. The molecule has 0 fully saturated rings. The molecule has 0 saturated heterocycles. The van der Waals surface area contributed by atoms with Gasteiger partial charge in [-0.15, -0.1) is 11.3 Å². The SMILES string of the molecule is Oc1c(O)c(O)c(-c2nc(-c3ccc4c(c3)oc3c(-n5c6ccccc6c6c(-n7c8ccccc8c8ccccc87)cccc65)cccc34)nc(-c3cccc4c3sc3ccccc34)n2)c(O)c1O. The van der Waals surface area contributed by atoms with Crippen LogP contribution in [0, 0.1) is 0 Å². The molecule has 0 aliphatic heterocycles. The zero-order valence-electron chi connectivity index (χ0n) is 36.0. The number of phenolic OH excluding ortho intramolecular Hbond substituents is 5. The van der Waals surface area contributed by atoms with Crippen molar-refractivity contribution in [2.45, 2.75) is 0 Å². The van der Waals surface area contributed by atoms with Crippen LogP contribution in [0.2, 0.25) is 0 Å². The van der Waals surface area contributed by atoms with Crippen LogP contribution in [0.15, 0.2) is 174 Å². The highest BCUT2D eigenvalue weighted by atomic mass is 32.1. The van der Waals surface area contributed by atoms with Crippen molar-refractivity contribution in [2.75, 3.05) is 0 Å². The Bertz CT molecular complexity index is 4440. The third-order valence-corrected chi connectivity index (χ3v) is 14.6. The molecular formula is C57H33N5O6S. The molecule has 0 radical (unpaired) electrons. The van der Waals surface area contributed by atoms with Crippen LogP contribution in [-0.2, 0) is 0 Å². The monoisotopic (exact) mass is 915 g/mol. The van der Waals surface area contributed by atoms with Gasteiger partial charge in [-0.3, -0.25) is 0 Å². The topological polar surface area (TPSA) is 163 Å². The van der Waals surface area contributed by atoms with E-state index in [1.165, 1.54) is 10.8 Å². The van der Waals surface area contributed by atoms with Crippen LogP contribution in [-0.4, -0.2) is 49.6 Å². The minimum atomic E-state index is -1.09. The maximum Gasteiger partial charge on any atom is 0.208 e. The van der Waals surface area contributed by atoms with E-state index in [1.54, 1.807) is 11.3 Å². The van der Waals surface area contributed by atoms with Gasteiger partial charge in [-0.1, -0.05) is 109 Å². The lowest BCUT2D eigenvalue weighted by Crippen LogP contribution is -2.01. The second-order valence-corrected chi connectivity index (χ2v) is 18.1. The molecule has 5 heterocycles. The maximum absolute atomic E-state index is 11.1. The Balaban J connectivity index is 0.979. The van der Waals surface area contributed by atoms with E-state index in [2.05, 4.69) is 112 Å². The van der Waals surface area contributed by atoms with E-state index in [-0.39, 0.29) is 17.5 Å². The van der Waals surface area contributed by atoms with E-state index in [1.807, 2.05) is 66.7 Å². The normalized spacial score (nSPS) is 12.1. The molecule has 0 unspecified atom stereocenters. The molecule has 0 atom stereocenters. The van der Waals surface area contributed by atoms with Crippen molar-refractivity contribution in [3.63, 3.8) is 0 Å². The molecule has 328 valence electrons. The second-order valence-electron chi connectivity index (χ2n) is 17.1. The Morgan fingerprint density at radius 3 is 1.70 bits per heavy atom. The van der Waals surface area contributed by atoms with Gasteiger partial charge in [0.2, 0.25) is 17.2 Å². The number of benzene rings is 9. The van der Waals surface area contributed by atoms with Crippen LogP contribution in [0.4, 0.5) is 0 Å². The van der Waals surface area contributed by atoms with E-state index in [9.17, 15) is 25.5 Å². The number of nitrogens with zero attached hydrogens (tertiary/aromatic N) is 5. The standard InChI is InChI=1S/C57H33N5O6S/c63-48-47(49(64)51(66)52(67)50(48)65)57-59-55(58-56(60-57)37-18-9-17-35-33-14-4-8-25-45(33)69-54(35)37)29-26-27-32-34-16-10-24-43(53(34)68-44(32)28-29)62-40-21-7-3-15-36(40)46-41(22-11-23-42(46)62)61-38-19-5-1-12-30(38)31-13-2-6-20-39(31)61/h1-28,63-67H. The number of aromatic nitrogens is 5. The molecule has 14 rings (SSSR count). The van der Waals surface area contributed by atoms with Gasteiger partial charge in [0.05, 0.1) is 33.4 Å². The van der Waals surface area contributed by atoms with Crippen LogP contribution >= 0.6 is 11.3 Å². The Morgan fingerprint density at radius 1 is 0.406 bits per heavy atom. The summed E-state index contributed by atoms with van der Waals surface area (Å²) in [7, 11) is 0. The summed E-state index contributed by atoms with van der Waals surface area (Å²) < 4.78 is 13.5. The van der Waals surface area contributed by atoms with Crippen molar-refractivity contribution in [2.24, 2.45) is 0 Å². The van der Waals surface area contributed by atoms with Gasteiger partial charge in [0.25, 0.3) is 0 Å². The van der Waals surface area contributed by atoms with Gasteiger partial charge in [-0.2, -0.15) is 0 Å². The lowest BCUT2D eigenvalue weighted by molar-refractivity contribution is 0.329. The smallest absolute Gasteiger partial charge is 0.208 e. The van der Waals surface area contributed by atoms with Gasteiger partial charge in [0, 0.05) is 63.6 Å². The fourth-order valence-corrected chi connectivity index (χ4v) is 11.5. The fraction of sp³-hybridized carbons (Fsp3) is 0. The van der Waals surface area contributed by atoms with E-state index < -0.39 is 34.3 Å². The summed E-state index contributed by atoms with van der Waals surface area (Å²) in [6.07, 6.45) is 0. The van der Waals surface area contributed by atoms with Gasteiger partial charge >= 0.3 is 0 Å². The van der Waals surface area contributed by atoms with Crippen LogP contribution in [0.25, 0.3) is 131 Å². The lowest BCUT2D eigenvalue weighted by atomic mass is 10.1. The van der Waals surface area contributed by atoms with Crippen molar-refractivity contribution in [1.82, 2.24) is 24.1 Å². The molecule has 14 aromatic rings. The highest BCUT2D eigenvalue weighted by molar-refractivity contribution is 7.26. The zero-order valence-corrected chi connectivity index (χ0v) is 36.8. The number of para-hydroxylation sites is 4. The van der Waals surface area contributed by atoms with Crippen molar-refractivity contribution >= 4 is 97.1 Å². The third-order valence-electron chi connectivity index (χ3n) is 13.3. The number of rotatable bonds is 5. The predicted molar refractivity (Wildman–Crippen MR) is 273 cm³/mol. The lowest BCUT2D eigenvalue weighted by Gasteiger charge is -2.13. The van der Waals surface area contributed by atoms with Gasteiger partial charge in [-0.25, -0.2) is 15.0 Å². The summed E-state index contributed by atoms with van der Waals surface area (Å²) in [6.45, 7) is 0. The van der Waals surface area contributed by atoms with Gasteiger partial charge in [-0.05, 0) is 60.7 Å². The fourth-order valence-electron chi connectivity index (χ4n) is 10.3. The highest BCUT2D eigenvalue weighted by Crippen LogP contribution is 2.54. The predicted octanol–water partition coefficient (Wildman–Crippen LogP) is 13.9. The summed E-state index contributed by atoms with van der Waals surface area (Å²) in [5.41, 5.74) is 8.14. The van der Waals surface area contributed by atoms with Gasteiger partial charge in [0.15, 0.2) is 34.6 Å². The number of hydrogen-bond acceptors (Lipinski definition) is 10. The van der Waals surface area contributed by atoms with Crippen LogP contribution < -0.4 is 0 Å². The Labute approximate surface area is 393 Å². The molecule has 0 bridgehead atoms. The second kappa shape index (κ2) is 14.3. The molecule has 5 N–H and O–H groups in total. The first kappa shape index (κ1) is 38.8. The number of aromatic hydroxyl groups is 5. The molecule has 5 aromatic heterocycles. The molecule has 0 aliphatic rings. The molecular weight excluding hydrogens is 883 g/mol. The molecule has 0 amide bonds. The first-order valence-corrected chi connectivity index (χ1v) is 23.0. The molecule has 11 nitrogen and oxygen atoms in total. The van der Waals surface area contributed by atoms with Gasteiger partial charge in [0.1, 0.15) is 11.1 Å².